The van der Waals surface area contributed by atoms with Crippen molar-refractivity contribution in [3.8, 4) is 11.1 Å². The molecular formula is C24H28N6O2. The predicted molar refractivity (Wildman–Crippen MR) is 122 cm³/mol. The fourth-order valence-electron chi connectivity index (χ4n) is 4.85. The van der Waals surface area contributed by atoms with Gasteiger partial charge in [-0.05, 0) is 56.9 Å². The van der Waals surface area contributed by atoms with Gasteiger partial charge in [0.25, 0.3) is 0 Å². The van der Waals surface area contributed by atoms with Crippen molar-refractivity contribution in [3.63, 3.8) is 0 Å². The Morgan fingerprint density at radius 2 is 1.78 bits per heavy atom. The number of nitrogens with one attached hydrogen (secondary N) is 1. The van der Waals surface area contributed by atoms with Gasteiger partial charge in [-0.3, -0.25) is 9.48 Å². The average molecular weight is 433 g/mol. The molecule has 166 valence electrons. The molecule has 1 aliphatic heterocycles. The Morgan fingerprint density at radius 1 is 1.12 bits per heavy atom. The van der Waals surface area contributed by atoms with Crippen LogP contribution in [-0.4, -0.2) is 61.9 Å². The van der Waals surface area contributed by atoms with Crippen LogP contribution in [0.5, 0.6) is 0 Å². The Bertz CT molecular complexity index is 1080. The highest BCUT2D eigenvalue weighted by atomic mass is 16.4. The average Bonchev–Trinajstić information content (AvgIpc) is 3.38. The van der Waals surface area contributed by atoms with E-state index in [4.69, 9.17) is 0 Å². The van der Waals surface area contributed by atoms with Crippen LogP contribution < -0.4 is 5.32 Å². The number of hydrogen-bond acceptors (Lipinski definition) is 6. The highest BCUT2D eigenvalue weighted by Gasteiger charge is 2.26. The van der Waals surface area contributed by atoms with Crippen LogP contribution in [0.25, 0.3) is 11.1 Å². The summed E-state index contributed by atoms with van der Waals surface area (Å²) >= 11 is 0. The Morgan fingerprint density at radius 3 is 2.41 bits per heavy atom. The summed E-state index contributed by atoms with van der Waals surface area (Å²) in [5.74, 6) is 0.0266. The van der Waals surface area contributed by atoms with Crippen LogP contribution in [0.2, 0.25) is 0 Å². The van der Waals surface area contributed by atoms with E-state index >= 15 is 0 Å². The van der Waals surface area contributed by atoms with Crippen LogP contribution in [-0.2, 0) is 24.2 Å². The molecule has 0 saturated carbocycles. The van der Waals surface area contributed by atoms with E-state index in [-0.39, 0.29) is 6.54 Å². The second-order valence-corrected chi connectivity index (χ2v) is 8.91. The van der Waals surface area contributed by atoms with Crippen molar-refractivity contribution in [2.75, 3.05) is 25.5 Å². The zero-order chi connectivity index (χ0) is 22.1. The number of fused-ring (bicyclic) bond motifs is 1. The zero-order valence-corrected chi connectivity index (χ0v) is 18.2. The fourth-order valence-corrected chi connectivity index (χ4v) is 4.85. The van der Waals surface area contributed by atoms with Gasteiger partial charge < -0.3 is 15.3 Å². The van der Waals surface area contributed by atoms with Crippen molar-refractivity contribution >= 4 is 11.9 Å². The monoisotopic (exact) mass is 432 g/mol. The largest absolute Gasteiger partial charge is 0.480 e. The van der Waals surface area contributed by atoms with Gasteiger partial charge in [-0.25, -0.2) is 9.97 Å². The summed E-state index contributed by atoms with van der Waals surface area (Å²) in [5, 5.41) is 17.3. The lowest BCUT2D eigenvalue weighted by Gasteiger charge is -2.28. The lowest BCUT2D eigenvalue weighted by atomic mass is 9.90. The van der Waals surface area contributed by atoms with Crippen LogP contribution in [0.15, 0.2) is 42.9 Å². The van der Waals surface area contributed by atoms with Crippen molar-refractivity contribution in [3.05, 3.63) is 59.7 Å². The van der Waals surface area contributed by atoms with Gasteiger partial charge >= 0.3 is 5.97 Å². The molecule has 2 N–H and O–H groups in total. The van der Waals surface area contributed by atoms with E-state index in [0.717, 1.165) is 55.6 Å². The molecular weight excluding hydrogens is 404 g/mol. The van der Waals surface area contributed by atoms with Crippen molar-refractivity contribution in [2.24, 2.45) is 0 Å². The smallest absolute Gasteiger partial charge is 0.325 e. The summed E-state index contributed by atoms with van der Waals surface area (Å²) in [6.07, 6.45) is 9.43. The van der Waals surface area contributed by atoms with E-state index < -0.39 is 5.97 Å². The fraction of sp³-hybridized carbons (Fsp3) is 0.417. The molecule has 8 nitrogen and oxygen atoms in total. The van der Waals surface area contributed by atoms with Gasteiger partial charge in [-0.1, -0.05) is 24.3 Å². The minimum Gasteiger partial charge on any atom is -0.480 e. The lowest BCUT2D eigenvalue weighted by molar-refractivity contribution is -0.137. The van der Waals surface area contributed by atoms with Crippen molar-refractivity contribution in [1.29, 1.82) is 0 Å². The first-order valence-corrected chi connectivity index (χ1v) is 11.2. The maximum Gasteiger partial charge on any atom is 0.325 e. The van der Waals surface area contributed by atoms with Gasteiger partial charge in [-0.2, -0.15) is 5.10 Å². The summed E-state index contributed by atoms with van der Waals surface area (Å²) in [4.78, 5) is 22.7. The summed E-state index contributed by atoms with van der Waals surface area (Å²) in [6, 6.07) is 8.82. The minimum atomic E-state index is -0.901. The van der Waals surface area contributed by atoms with Gasteiger partial charge in [0.05, 0.1) is 5.69 Å². The van der Waals surface area contributed by atoms with E-state index in [9.17, 15) is 9.90 Å². The van der Waals surface area contributed by atoms with Gasteiger partial charge in [0.1, 0.15) is 6.54 Å². The molecule has 0 radical (unpaired) electrons. The van der Waals surface area contributed by atoms with Crippen LogP contribution in [0.3, 0.4) is 0 Å². The standard InChI is InChI=1S/C24H28N6O2/c1-29-8-6-16(7-9-29)23-21(14-30(28-23)15-22(31)32)19-12-25-24(26-13-19)27-20-10-17-4-2-3-5-18(17)11-20/h2-5,12-14,16,20H,6-11,15H2,1H3,(H,31,32)(H,25,26,27). The number of hydrogen-bond donors (Lipinski definition) is 2. The molecule has 5 rings (SSSR count). The van der Waals surface area contributed by atoms with E-state index in [1.807, 2.05) is 18.6 Å². The van der Waals surface area contributed by atoms with Gasteiger partial charge in [0.2, 0.25) is 5.95 Å². The van der Waals surface area contributed by atoms with Gasteiger partial charge in [0.15, 0.2) is 0 Å². The normalized spacial score (nSPS) is 17.4. The number of nitrogens with zero attached hydrogens (tertiary/aromatic N) is 5. The summed E-state index contributed by atoms with van der Waals surface area (Å²) in [5.41, 5.74) is 5.52. The molecule has 8 heteroatoms. The summed E-state index contributed by atoms with van der Waals surface area (Å²) in [6.45, 7) is 1.88. The van der Waals surface area contributed by atoms with Gasteiger partial charge in [-0.15, -0.1) is 0 Å². The molecule has 3 heterocycles. The second-order valence-electron chi connectivity index (χ2n) is 8.91. The highest BCUT2D eigenvalue weighted by molar-refractivity contribution is 5.68. The molecule has 2 aliphatic rings. The summed E-state index contributed by atoms with van der Waals surface area (Å²) in [7, 11) is 2.13. The Kier molecular flexibility index (Phi) is 5.61. The number of carboxylic acids is 1. The second kappa shape index (κ2) is 8.70. The molecule has 0 bridgehead atoms. The van der Waals surface area contributed by atoms with Crippen LogP contribution >= 0.6 is 0 Å². The SMILES string of the molecule is CN1CCC(c2nn(CC(=O)O)cc2-c2cnc(NC3Cc4ccccc4C3)nc2)CC1. The first-order chi connectivity index (χ1) is 15.5. The third-order valence-electron chi connectivity index (χ3n) is 6.54. The topological polar surface area (TPSA) is 96.2 Å². The third-order valence-corrected chi connectivity index (χ3v) is 6.54. The minimum absolute atomic E-state index is 0.150. The molecule has 2 aromatic heterocycles. The molecule has 1 aliphatic carbocycles. The molecule has 0 spiro atoms. The number of aromatic nitrogens is 4. The van der Waals surface area contributed by atoms with E-state index in [0.29, 0.717) is 17.9 Å². The van der Waals surface area contributed by atoms with Crippen LogP contribution in [0.4, 0.5) is 5.95 Å². The van der Waals surface area contributed by atoms with Gasteiger partial charge in [0, 0.05) is 41.7 Å². The number of anilines is 1. The first kappa shape index (κ1) is 20.6. The molecule has 32 heavy (non-hydrogen) atoms. The van der Waals surface area contributed by atoms with Crippen LogP contribution in [0.1, 0.15) is 35.6 Å². The quantitative estimate of drug-likeness (QED) is 0.618. The number of rotatable bonds is 6. The molecule has 0 unspecified atom stereocenters. The lowest BCUT2D eigenvalue weighted by Crippen LogP contribution is -2.29. The summed E-state index contributed by atoms with van der Waals surface area (Å²) < 4.78 is 1.52. The molecule has 3 aromatic rings. The van der Waals surface area contributed by atoms with E-state index in [1.165, 1.54) is 15.8 Å². The number of carboxylic acid groups (broad SMARTS) is 1. The number of likely N-dealkylation sites (tertiary alicyclic amines) is 1. The maximum atomic E-state index is 11.2. The Labute approximate surface area is 187 Å². The van der Waals surface area contributed by atoms with E-state index in [2.05, 4.69) is 56.6 Å². The molecule has 1 fully saturated rings. The molecule has 1 aromatic carbocycles. The Hall–Kier alpha value is -3.26. The van der Waals surface area contributed by atoms with Crippen molar-refractivity contribution in [2.45, 2.75) is 44.2 Å². The first-order valence-electron chi connectivity index (χ1n) is 11.2. The van der Waals surface area contributed by atoms with Crippen molar-refractivity contribution in [1.82, 2.24) is 24.6 Å². The Balaban J connectivity index is 1.35. The zero-order valence-electron chi connectivity index (χ0n) is 18.2. The number of piperidine rings is 1. The highest BCUT2D eigenvalue weighted by Crippen LogP contribution is 2.34. The number of aliphatic carboxylic acids is 1. The number of carbonyl (C=O) groups is 1. The predicted octanol–water partition coefficient (Wildman–Crippen LogP) is 2.81. The third kappa shape index (κ3) is 4.36. The maximum absolute atomic E-state index is 11.2. The van der Waals surface area contributed by atoms with Crippen LogP contribution in [0, 0.1) is 0 Å². The molecule has 1 saturated heterocycles. The molecule has 0 atom stereocenters. The van der Waals surface area contributed by atoms with E-state index in [1.54, 1.807) is 0 Å². The van der Waals surface area contributed by atoms with Crippen molar-refractivity contribution < 1.29 is 9.90 Å². The number of benzene rings is 1. The molecule has 0 amide bonds.